The highest BCUT2D eigenvalue weighted by molar-refractivity contribution is 5.55. The molecule has 78 valence electrons. The van der Waals surface area contributed by atoms with Crippen molar-refractivity contribution >= 4 is 11.4 Å². The molecule has 1 N–H and O–H groups in total. The maximum absolute atomic E-state index is 3.12. The highest BCUT2D eigenvalue weighted by Crippen LogP contribution is 2.19. The number of benzene rings is 1. The topological polar surface area (TPSA) is 15.3 Å². The molecule has 14 heavy (non-hydrogen) atoms. The van der Waals surface area contributed by atoms with Gasteiger partial charge in [0.25, 0.3) is 0 Å². The minimum atomic E-state index is 0.556. The molecule has 2 heteroatoms. The molecule has 0 saturated heterocycles. The van der Waals surface area contributed by atoms with Crippen LogP contribution in [-0.4, -0.2) is 19.6 Å². The van der Waals surface area contributed by atoms with Crippen LogP contribution in [0.5, 0.6) is 0 Å². The van der Waals surface area contributed by atoms with Crippen LogP contribution in [0.2, 0.25) is 0 Å². The quantitative estimate of drug-likeness (QED) is 0.789. The van der Waals surface area contributed by atoms with Crippen molar-refractivity contribution in [2.24, 2.45) is 0 Å². The second-order valence-electron chi connectivity index (χ2n) is 3.68. The molecule has 0 saturated carbocycles. The summed E-state index contributed by atoms with van der Waals surface area (Å²) in [6, 6.07) is 9.10. The van der Waals surface area contributed by atoms with Gasteiger partial charge in [0.2, 0.25) is 0 Å². The number of anilines is 2. The Labute approximate surface area is 86.9 Å². The molecule has 0 unspecified atom stereocenters. The first-order valence-electron chi connectivity index (χ1n) is 5.23. The van der Waals surface area contributed by atoms with Crippen LogP contribution in [0.15, 0.2) is 24.3 Å². The maximum Gasteiger partial charge on any atom is 0.0369 e. The Morgan fingerprint density at radius 3 is 2.14 bits per heavy atom. The van der Waals surface area contributed by atoms with Gasteiger partial charge in [-0.1, -0.05) is 0 Å². The Morgan fingerprint density at radius 2 is 1.79 bits per heavy atom. The van der Waals surface area contributed by atoms with Gasteiger partial charge in [-0.25, -0.2) is 0 Å². The zero-order chi connectivity index (χ0) is 10.6. The standard InChI is InChI=1S/C12H20N2/c1-5-14(10(2)3)12-8-6-11(13-4)7-9-12/h6-10,13H,5H2,1-4H3. The van der Waals surface area contributed by atoms with E-state index in [0.29, 0.717) is 6.04 Å². The molecule has 0 fully saturated rings. The number of rotatable bonds is 4. The number of hydrogen-bond donors (Lipinski definition) is 1. The van der Waals surface area contributed by atoms with Gasteiger partial charge >= 0.3 is 0 Å². The van der Waals surface area contributed by atoms with E-state index in [2.05, 4.69) is 55.3 Å². The molecule has 0 amide bonds. The average Bonchev–Trinajstić information content (AvgIpc) is 2.19. The van der Waals surface area contributed by atoms with Gasteiger partial charge in [0.05, 0.1) is 0 Å². The Balaban J connectivity index is 2.84. The van der Waals surface area contributed by atoms with E-state index < -0.39 is 0 Å². The molecule has 0 aliphatic heterocycles. The van der Waals surface area contributed by atoms with Gasteiger partial charge in [-0.2, -0.15) is 0 Å². The molecule has 2 nitrogen and oxygen atoms in total. The summed E-state index contributed by atoms with van der Waals surface area (Å²) < 4.78 is 0. The summed E-state index contributed by atoms with van der Waals surface area (Å²) in [5.41, 5.74) is 2.45. The van der Waals surface area contributed by atoms with Gasteiger partial charge in [0.15, 0.2) is 0 Å². The summed E-state index contributed by atoms with van der Waals surface area (Å²) in [5, 5.41) is 3.12. The fourth-order valence-electron chi connectivity index (χ4n) is 1.67. The van der Waals surface area contributed by atoms with Crippen molar-refractivity contribution in [2.75, 3.05) is 23.8 Å². The maximum atomic E-state index is 3.12. The molecule has 1 rings (SSSR count). The number of hydrogen-bond acceptors (Lipinski definition) is 2. The van der Waals surface area contributed by atoms with E-state index in [1.807, 2.05) is 7.05 Å². The van der Waals surface area contributed by atoms with Crippen molar-refractivity contribution in [1.82, 2.24) is 0 Å². The van der Waals surface area contributed by atoms with Gasteiger partial charge < -0.3 is 10.2 Å². The van der Waals surface area contributed by atoms with Crippen molar-refractivity contribution in [3.8, 4) is 0 Å². The number of nitrogens with one attached hydrogen (secondary N) is 1. The predicted octanol–water partition coefficient (Wildman–Crippen LogP) is 2.96. The molecule has 0 aromatic heterocycles. The fourth-order valence-corrected chi connectivity index (χ4v) is 1.67. The second-order valence-corrected chi connectivity index (χ2v) is 3.68. The molecule has 0 spiro atoms. The van der Waals surface area contributed by atoms with E-state index in [9.17, 15) is 0 Å². The summed E-state index contributed by atoms with van der Waals surface area (Å²) in [6.07, 6.45) is 0. The lowest BCUT2D eigenvalue weighted by molar-refractivity contribution is 0.704. The third-order valence-electron chi connectivity index (χ3n) is 2.45. The molecular weight excluding hydrogens is 172 g/mol. The highest BCUT2D eigenvalue weighted by atomic mass is 15.1. The molecule has 1 aromatic carbocycles. The zero-order valence-electron chi connectivity index (χ0n) is 9.54. The van der Waals surface area contributed by atoms with Crippen LogP contribution in [0.4, 0.5) is 11.4 Å². The molecular formula is C12H20N2. The van der Waals surface area contributed by atoms with Crippen LogP contribution < -0.4 is 10.2 Å². The van der Waals surface area contributed by atoms with Crippen molar-refractivity contribution in [1.29, 1.82) is 0 Å². The zero-order valence-corrected chi connectivity index (χ0v) is 9.54. The van der Waals surface area contributed by atoms with Gasteiger partial charge in [-0.15, -0.1) is 0 Å². The largest absolute Gasteiger partial charge is 0.388 e. The lowest BCUT2D eigenvalue weighted by Crippen LogP contribution is -2.30. The summed E-state index contributed by atoms with van der Waals surface area (Å²) in [6.45, 7) is 7.67. The molecule has 0 bridgehead atoms. The molecule has 0 heterocycles. The van der Waals surface area contributed by atoms with Crippen LogP contribution in [-0.2, 0) is 0 Å². The second kappa shape index (κ2) is 4.89. The van der Waals surface area contributed by atoms with Crippen molar-refractivity contribution < 1.29 is 0 Å². The van der Waals surface area contributed by atoms with Crippen LogP contribution in [0.3, 0.4) is 0 Å². The lowest BCUT2D eigenvalue weighted by atomic mass is 10.2. The van der Waals surface area contributed by atoms with Crippen molar-refractivity contribution in [2.45, 2.75) is 26.8 Å². The van der Waals surface area contributed by atoms with Crippen LogP contribution in [0.25, 0.3) is 0 Å². The van der Waals surface area contributed by atoms with Crippen molar-refractivity contribution in [3.05, 3.63) is 24.3 Å². The van der Waals surface area contributed by atoms with E-state index in [1.165, 1.54) is 5.69 Å². The van der Waals surface area contributed by atoms with E-state index in [0.717, 1.165) is 12.2 Å². The van der Waals surface area contributed by atoms with E-state index in [-0.39, 0.29) is 0 Å². The predicted molar refractivity (Wildman–Crippen MR) is 64.1 cm³/mol. The molecule has 0 aliphatic rings. The number of nitrogens with zero attached hydrogens (tertiary/aromatic N) is 1. The van der Waals surface area contributed by atoms with Gasteiger partial charge in [0, 0.05) is 31.0 Å². The minimum absolute atomic E-state index is 0.556. The monoisotopic (exact) mass is 192 g/mol. The van der Waals surface area contributed by atoms with Gasteiger partial charge in [0.1, 0.15) is 0 Å². The molecule has 0 radical (unpaired) electrons. The molecule has 0 aliphatic carbocycles. The Morgan fingerprint density at radius 1 is 1.21 bits per heavy atom. The molecule has 1 aromatic rings. The SMILES string of the molecule is CCN(c1ccc(NC)cc1)C(C)C. The highest BCUT2D eigenvalue weighted by Gasteiger charge is 2.06. The third kappa shape index (κ3) is 2.41. The first kappa shape index (κ1) is 10.9. The van der Waals surface area contributed by atoms with Crippen molar-refractivity contribution in [3.63, 3.8) is 0 Å². The summed E-state index contributed by atoms with van der Waals surface area (Å²) in [4.78, 5) is 2.37. The van der Waals surface area contributed by atoms with Crippen LogP contribution >= 0.6 is 0 Å². The van der Waals surface area contributed by atoms with Gasteiger partial charge in [-0.05, 0) is 45.0 Å². The van der Waals surface area contributed by atoms with E-state index in [4.69, 9.17) is 0 Å². The summed E-state index contributed by atoms with van der Waals surface area (Å²) in [5.74, 6) is 0. The lowest BCUT2D eigenvalue weighted by Gasteiger charge is -2.27. The Kier molecular flexibility index (Phi) is 3.81. The summed E-state index contributed by atoms with van der Waals surface area (Å²) in [7, 11) is 1.94. The normalized spacial score (nSPS) is 10.4. The van der Waals surface area contributed by atoms with Crippen LogP contribution in [0.1, 0.15) is 20.8 Å². The Hall–Kier alpha value is -1.18. The average molecular weight is 192 g/mol. The first-order chi connectivity index (χ1) is 6.69. The third-order valence-corrected chi connectivity index (χ3v) is 2.45. The van der Waals surface area contributed by atoms with Gasteiger partial charge in [-0.3, -0.25) is 0 Å². The molecule has 0 atom stereocenters. The Bertz CT molecular complexity index is 264. The van der Waals surface area contributed by atoms with E-state index >= 15 is 0 Å². The minimum Gasteiger partial charge on any atom is -0.388 e. The van der Waals surface area contributed by atoms with E-state index in [1.54, 1.807) is 0 Å². The smallest absolute Gasteiger partial charge is 0.0369 e. The fraction of sp³-hybridized carbons (Fsp3) is 0.500. The summed E-state index contributed by atoms with van der Waals surface area (Å²) >= 11 is 0. The van der Waals surface area contributed by atoms with Crippen LogP contribution in [0, 0.1) is 0 Å². The first-order valence-corrected chi connectivity index (χ1v) is 5.23.